The van der Waals surface area contributed by atoms with E-state index in [1.165, 1.54) is 16.6 Å². The van der Waals surface area contributed by atoms with Crippen LogP contribution >= 0.6 is 23.1 Å². The van der Waals surface area contributed by atoms with Crippen LogP contribution in [0.3, 0.4) is 0 Å². The largest absolute Gasteiger partial charge is 0.455 e. The topological polar surface area (TPSA) is 55.4 Å². The van der Waals surface area contributed by atoms with Crippen LogP contribution in [-0.4, -0.2) is 24.2 Å². The minimum absolute atomic E-state index is 0.244. The first-order valence-corrected chi connectivity index (χ1v) is 9.62. The Morgan fingerprint density at radius 1 is 1.21 bits per heavy atom. The third-order valence-electron chi connectivity index (χ3n) is 3.35. The summed E-state index contributed by atoms with van der Waals surface area (Å²) in [5.74, 6) is 0.333. The highest BCUT2D eigenvalue weighted by Gasteiger charge is 2.11. The molecule has 6 heteroatoms. The van der Waals surface area contributed by atoms with Gasteiger partial charge in [-0.25, -0.2) is 0 Å². The van der Waals surface area contributed by atoms with Gasteiger partial charge in [0.15, 0.2) is 6.61 Å². The van der Waals surface area contributed by atoms with Gasteiger partial charge in [-0.1, -0.05) is 23.8 Å². The number of benzene rings is 1. The SMILES string of the molecule is Cc1cc(C)c(NC(=O)COC(=O)CSCc2cccs2)c(C)c1. The molecule has 1 amide bonds. The van der Waals surface area contributed by atoms with Gasteiger partial charge >= 0.3 is 5.97 Å². The Kier molecular flexibility index (Phi) is 6.87. The molecule has 0 bridgehead atoms. The summed E-state index contributed by atoms with van der Waals surface area (Å²) in [7, 11) is 0. The molecule has 1 heterocycles. The van der Waals surface area contributed by atoms with Crippen molar-refractivity contribution >= 4 is 40.7 Å². The quantitative estimate of drug-likeness (QED) is 0.753. The fourth-order valence-corrected chi connectivity index (χ4v) is 4.03. The number of aryl methyl sites for hydroxylation is 3. The Morgan fingerprint density at radius 2 is 1.92 bits per heavy atom. The lowest BCUT2D eigenvalue weighted by Gasteiger charge is -2.13. The zero-order chi connectivity index (χ0) is 17.5. The van der Waals surface area contributed by atoms with Crippen molar-refractivity contribution in [2.75, 3.05) is 17.7 Å². The molecule has 0 fully saturated rings. The second kappa shape index (κ2) is 8.89. The summed E-state index contributed by atoms with van der Waals surface area (Å²) in [6.07, 6.45) is 0. The number of nitrogens with one attached hydrogen (secondary N) is 1. The molecule has 1 aromatic carbocycles. The number of anilines is 1. The molecule has 0 unspecified atom stereocenters. The first-order chi connectivity index (χ1) is 11.5. The van der Waals surface area contributed by atoms with Crippen molar-refractivity contribution in [2.45, 2.75) is 26.5 Å². The van der Waals surface area contributed by atoms with E-state index in [1.54, 1.807) is 11.3 Å². The molecule has 0 aliphatic rings. The third kappa shape index (κ3) is 5.69. The van der Waals surface area contributed by atoms with Crippen LogP contribution in [0.25, 0.3) is 0 Å². The molecular formula is C18H21NO3S2. The number of carbonyl (C=O) groups excluding carboxylic acids is 2. The van der Waals surface area contributed by atoms with Crippen LogP contribution in [-0.2, 0) is 20.1 Å². The molecule has 0 aliphatic heterocycles. The summed E-state index contributed by atoms with van der Waals surface area (Å²) in [5.41, 5.74) is 3.93. The Labute approximate surface area is 150 Å². The minimum atomic E-state index is -0.371. The van der Waals surface area contributed by atoms with Crippen LogP contribution in [0.5, 0.6) is 0 Å². The minimum Gasteiger partial charge on any atom is -0.455 e. The number of amides is 1. The molecule has 0 aliphatic carbocycles. The Balaban J connectivity index is 1.73. The lowest BCUT2D eigenvalue weighted by atomic mass is 10.1. The van der Waals surface area contributed by atoms with Gasteiger partial charge in [-0.2, -0.15) is 0 Å². The highest BCUT2D eigenvalue weighted by Crippen LogP contribution is 2.22. The van der Waals surface area contributed by atoms with Crippen molar-refractivity contribution in [1.82, 2.24) is 0 Å². The van der Waals surface area contributed by atoms with E-state index in [2.05, 4.69) is 5.32 Å². The fraction of sp³-hybridized carbons (Fsp3) is 0.333. The van der Waals surface area contributed by atoms with Gasteiger partial charge in [-0.05, 0) is 43.3 Å². The number of thioether (sulfide) groups is 1. The zero-order valence-corrected chi connectivity index (χ0v) is 15.7. The number of esters is 1. The first-order valence-electron chi connectivity index (χ1n) is 7.59. The highest BCUT2D eigenvalue weighted by atomic mass is 32.2. The number of ether oxygens (including phenoxy) is 1. The maximum absolute atomic E-state index is 12.0. The molecule has 0 radical (unpaired) electrons. The van der Waals surface area contributed by atoms with Crippen LogP contribution in [0.2, 0.25) is 0 Å². The van der Waals surface area contributed by atoms with Crippen LogP contribution in [0, 0.1) is 20.8 Å². The monoisotopic (exact) mass is 363 g/mol. The molecule has 24 heavy (non-hydrogen) atoms. The molecule has 0 saturated heterocycles. The van der Waals surface area contributed by atoms with E-state index in [4.69, 9.17) is 4.74 Å². The number of hydrogen-bond acceptors (Lipinski definition) is 5. The van der Waals surface area contributed by atoms with Crippen molar-refractivity contribution in [1.29, 1.82) is 0 Å². The molecule has 4 nitrogen and oxygen atoms in total. The number of rotatable bonds is 7. The standard InChI is InChI=1S/C18H21NO3S2/c1-12-7-13(2)18(14(3)8-12)19-16(20)9-22-17(21)11-23-10-15-5-4-6-24-15/h4-8H,9-11H2,1-3H3,(H,19,20). The second-order valence-corrected chi connectivity index (χ2v) is 7.57. The van der Waals surface area contributed by atoms with Crippen molar-refractivity contribution in [2.24, 2.45) is 0 Å². The molecular weight excluding hydrogens is 342 g/mol. The van der Waals surface area contributed by atoms with Gasteiger partial charge in [0.25, 0.3) is 5.91 Å². The van der Waals surface area contributed by atoms with E-state index in [0.29, 0.717) is 0 Å². The predicted octanol–water partition coefficient (Wildman–Crippen LogP) is 4.09. The maximum Gasteiger partial charge on any atom is 0.316 e. The number of thiophene rings is 1. The summed E-state index contributed by atoms with van der Waals surface area (Å²) in [6, 6.07) is 8.03. The van der Waals surface area contributed by atoms with Crippen LogP contribution in [0.4, 0.5) is 5.69 Å². The van der Waals surface area contributed by atoms with Crippen molar-refractivity contribution in [3.8, 4) is 0 Å². The summed E-state index contributed by atoms with van der Waals surface area (Å²) in [5, 5.41) is 4.83. The summed E-state index contributed by atoms with van der Waals surface area (Å²) >= 11 is 3.15. The Hall–Kier alpha value is -1.79. The van der Waals surface area contributed by atoms with Crippen molar-refractivity contribution < 1.29 is 14.3 Å². The second-order valence-electron chi connectivity index (χ2n) is 5.55. The van der Waals surface area contributed by atoms with Crippen LogP contribution < -0.4 is 5.32 Å². The zero-order valence-electron chi connectivity index (χ0n) is 14.0. The van der Waals surface area contributed by atoms with Crippen molar-refractivity contribution in [3.63, 3.8) is 0 Å². The maximum atomic E-state index is 12.0. The fourth-order valence-electron chi connectivity index (χ4n) is 2.37. The molecule has 2 rings (SSSR count). The summed E-state index contributed by atoms with van der Waals surface area (Å²) < 4.78 is 5.03. The van der Waals surface area contributed by atoms with Crippen LogP contribution in [0.1, 0.15) is 21.6 Å². The van der Waals surface area contributed by atoms with Gasteiger partial charge in [-0.3, -0.25) is 9.59 Å². The van der Waals surface area contributed by atoms with Gasteiger partial charge in [-0.15, -0.1) is 23.1 Å². The molecule has 0 saturated carbocycles. The van der Waals surface area contributed by atoms with E-state index in [1.807, 2.05) is 50.4 Å². The molecule has 2 aromatic rings. The smallest absolute Gasteiger partial charge is 0.316 e. The number of hydrogen-bond donors (Lipinski definition) is 1. The van der Waals surface area contributed by atoms with Gasteiger partial charge in [0.2, 0.25) is 0 Å². The molecule has 0 atom stereocenters. The Bertz CT molecular complexity index is 688. The lowest BCUT2D eigenvalue weighted by molar-refractivity contribution is -0.144. The average molecular weight is 364 g/mol. The van der Waals surface area contributed by atoms with E-state index in [0.717, 1.165) is 28.1 Å². The Morgan fingerprint density at radius 3 is 2.54 bits per heavy atom. The van der Waals surface area contributed by atoms with Gasteiger partial charge in [0.1, 0.15) is 0 Å². The molecule has 1 N–H and O–H groups in total. The first kappa shape index (κ1) is 18.5. The lowest BCUT2D eigenvalue weighted by Crippen LogP contribution is -2.22. The molecule has 0 spiro atoms. The summed E-state index contributed by atoms with van der Waals surface area (Å²) in [4.78, 5) is 24.9. The highest BCUT2D eigenvalue weighted by molar-refractivity contribution is 7.99. The van der Waals surface area contributed by atoms with E-state index < -0.39 is 0 Å². The normalized spacial score (nSPS) is 10.5. The van der Waals surface area contributed by atoms with E-state index in [-0.39, 0.29) is 24.2 Å². The van der Waals surface area contributed by atoms with Crippen molar-refractivity contribution in [3.05, 3.63) is 51.2 Å². The van der Waals surface area contributed by atoms with E-state index >= 15 is 0 Å². The average Bonchev–Trinajstić information content (AvgIpc) is 3.02. The predicted molar refractivity (Wildman–Crippen MR) is 101 cm³/mol. The molecule has 1 aromatic heterocycles. The van der Waals surface area contributed by atoms with Gasteiger partial charge < -0.3 is 10.1 Å². The van der Waals surface area contributed by atoms with Gasteiger partial charge in [0, 0.05) is 16.3 Å². The number of carbonyl (C=O) groups is 2. The third-order valence-corrected chi connectivity index (χ3v) is 5.36. The van der Waals surface area contributed by atoms with Gasteiger partial charge in [0.05, 0.1) is 5.75 Å². The summed E-state index contributed by atoms with van der Waals surface area (Å²) in [6.45, 7) is 5.65. The van der Waals surface area contributed by atoms with Crippen LogP contribution in [0.15, 0.2) is 29.6 Å². The molecule has 128 valence electrons. The van der Waals surface area contributed by atoms with E-state index in [9.17, 15) is 9.59 Å².